The van der Waals surface area contributed by atoms with Gasteiger partial charge in [0.1, 0.15) is 0 Å². The molecule has 0 spiro atoms. The Kier molecular flexibility index (Phi) is 4.92. The summed E-state index contributed by atoms with van der Waals surface area (Å²) in [5.74, 6) is -0.722. The van der Waals surface area contributed by atoms with Crippen molar-refractivity contribution in [3.05, 3.63) is 64.0 Å². The van der Waals surface area contributed by atoms with E-state index in [0.717, 1.165) is 31.2 Å². The predicted octanol–water partition coefficient (Wildman–Crippen LogP) is 3.45. The number of aromatic hydroxyl groups is 1. The number of pyridine rings is 1. The van der Waals surface area contributed by atoms with Gasteiger partial charge in [0.05, 0.1) is 11.0 Å². The van der Waals surface area contributed by atoms with Crippen LogP contribution in [0.4, 0.5) is 5.69 Å². The van der Waals surface area contributed by atoms with Crippen molar-refractivity contribution in [2.75, 3.05) is 6.54 Å². The van der Waals surface area contributed by atoms with Gasteiger partial charge < -0.3 is 10.0 Å². The smallest absolute Gasteiger partial charge is 0.310 e. The van der Waals surface area contributed by atoms with Crippen molar-refractivity contribution in [1.29, 1.82) is 0 Å². The number of phenols is 1. The summed E-state index contributed by atoms with van der Waals surface area (Å²) < 4.78 is 0. The topological polar surface area (TPSA) is 96.6 Å². The number of amides is 1. The molecule has 7 nitrogen and oxygen atoms in total. The Balaban J connectivity index is 1.92. The summed E-state index contributed by atoms with van der Waals surface area (Å²) in [7, 11) is 0. The Bertz CT molecular complexity index is 779. The zero-order valence-electron chi connectivity index (χ0n) is 13.7. The Hall–Kier alpha value is -2.96. The first-order valence-corrected chi connectivity index (χ1v) is 8.26. The average Bonchev–Trinajstić information content (AvgIpc) is 2.87. The molecule has 1 N–H and O–H groups in total. The van der Waals surface area contributed by atoms with Crippen molar-refractivity contribution in [3.63, 3.8) is 0 Å². The van der Waals surface area contributed by atoms with Gasteiger partial charge in [-0.3, -0.25) is 19.9 Å². The van der Waals surface area contributed by atoms with Crippen LogP contribution in [0.3, 0.4) is 0 Å². The SMILES string of the molecule is O=C(c1ccc([N+](=O)[O-])c(O)c1)N1CCCCC[C@H]1c1ccncc1. The van der Waals surface area contributed by atoms with Crippen molar-refractivity contribution in [3.8, 4) is 5.75 Å². The highest BCUT2D eigenvalue weighted by Crippen LogP contribution is 2.33. The Morgan fingerprint density at radius 3 is 2.64 bits per heavy atom. The molecule has 0 saturated carbocycles. The van der Waals surface area contributed by atoms with E-state index in [1.807, 2.05) is 12.1 Å². The number of hydrogen-bond acceptors (Lipinski definition) is 5. The average molecular weight is 341 g/mol. The van der Waals surface area contributed by atoms with Crippen LogP contribution in [0.25, 0.3) is 0 Å². The minimum Gasteiger partial charge on any atom is -0.502 e. The van der Waals surface area contributed by atoms with Crippen LogP contribution in [0.2, 0.25) is 0 Å². The van der Waals surface area contributed by atoms with Gasteiger partial charge in [0, 0.05) is 30.6 Å². The number of likely N-dealkylation sites (tertiary alicyclic amines) is 1. The van der Waals surface area contributed by atoms with E-state index in [2.05, 4.69) is 4.98 Å². The largest absolute Gasteiger partial charge is 0.502 e. The Morgan fingerprint density at radius 1 is 1.20 bits per heavy atom. The zero-order valence-corrected chi connectivity index (χ0v) is 13.7. The summed E-state index contributed by atoms with van der Waals surface area (Å²) in [5, 5.41) is 20.7. The number of carbonyl (C=O) groups excluding carboxylic acids is 1. The van der Waals surface area contributed by atoms with Crippen LogP contribution in [0.1, 0.15) is 47.6 Å². The quantitative estimate of drug-likeness (QED) is 0.681. The highest BCUT2D eigenvalue weighted by atomic mass is 16.6. The van der Waals surface area contributed by atoms with Crippen molar-refractivity contribution >= 4 is 11.6 Å². The first-order chi connectivity index (χ1) is 12.1. The lowest BCUT2D eigenvalue weighted by Crippen LogP contribution is -2.34. The van der Waals surface area contributed by atoms with Gasteiger partial charge in [0.2, 0.25) is 0 Å². The van der Waals surface area contributed by atoms with Gasteiger partial charge in [-0.25, -0.2) is 0 Å². The number of benzene rings is 1. The molecule has 1 aliphatic heterocycles. The fourth-order valence-electron chi connectivity index (χ4n) is 3.26. The van der Waals surface area contributed by atoms with Gasteiger partial charge in [0.15, 0.2) is 5.75 Å². The van der Waals surface area contributed by atoms with Crippen LogP contribution >= 0.6 is 0 Å². The van der Waals surface area contributed by atoms with Crippen LogP contribution in [0.5, 0.6) is 5.75 Å². The van der Waals surface area contributed by atoms with Gasteiger partial charge >= 0.3 is 5.69 Å². The zero-order chi connectivity index (χ0) is 17.8. The first kappa shape index (κ1) is 16.9. The molecule has 0 radical (unpaired) electrons. The first-order valence-electron chi connectivity index (χ1n) is 8.26. The number of nitro benzene ring substituents is 1. The third-order valence-corrected chi connectivity index (χ3v) is 4.52. The number of phenolic OH excluding ortho intramolecular Hbond substituents is 1. The van der Waals surface area contributed by atoms with Crippen LogP contribution in [0, 0.1) is 10.1 Å². The molecule has 0 bridgehead atoms. The molecule has 3 rings (SSSR count). The molecule has 1 amide bonds. The van der Waals surface area contributed by atoms with E-state index in [0.29, 0.717) is 6.54 Å². The summed E-state index contributed by atoms with van der Waals surface area (Å²) in [6.45, 7) is 0.615. The minimum absolute atomic E-state index is 0.0599. The fraction of sp³-hybridized carbons (Fsp3) is 0.333. The number of nitrogens with zero attached hydrogens (tertiary/aromatic N) is 3. The molecule has 25 heavy (non-hydrogen) atoms. The third kappa shape index (κ3) is 3.60. The Morgan fingerprint density at radius 2 is 1.96 bits per heavy atom. The number of carbonyl (C=O) groups is 1. The standard InChI is InChI=1S/C18H19N3O4/c22-17-12-14(5-6-16(17)21(24)25)18(23)20-11-3-1-2-4-15(20)13-7-9-19-10-8-13/h5-10,12,15,22H,1-4,11H2/t15-/m0/s1. The lowest BCUT2D eigenvalue weighted by molar-refractivity contribution is -0.385. The lowest BCUT2D eigenvalue weighted by atomic mass is 10.0. The van der Waals surface area contributed by atoms with E-state index in [1.54, 1.807) is 17.3 Å². The molecule has 2 heterocycles. The predicted molar refractivity (Wildman–Crippen MR) is 91.2 cm³/mol. The maximum atomic E-state index is 13.0. The third-order valence-electron chi connectivity index (χ3n) is 4.52. The summed E-state index contributed by atoms with van der Waals surface area (Å²) in [5.41, 5.74) is 0.874. The summed E-state index contributed by atoms with van der Waals surface area (Å²) in [6, 6.07) is 7.49. The summed E-state index contributed by atoms with van der Waals surface area (Å²) in [4.78, 5) is 29.0. The van der Waals surface area contributed by atoms with Crippen LogP contribution < -0.4 is 0 Å². The molecule has 2 aromatic rings. The molecule has 7 heteroatoms. The fourth-order valence-corrected chi connectivity index (χ4v) is 3.26. The molecule has 130 valence electrons. The van der Waals surface area contributed by atoms with Crippen molar-refractivity contribution in [2.45, 2.75) is 31.7 Å². The summed E-state index contributed by atoms with van der Waals surface area (Å²) >= 11 is 0. The second-order valence-electron chi connectivity index (χ2n) is 6.10. The van der Waals surface area contributed by atoms with Crippen LogP contribution in [-0.2, 0) is 0 Å². The molecule has 1 saturated heterocycles. The van der Waals surface area contributed by atoms with E-state index in [-0.39, 0.29) is 17.5 Å². The number of nitro groups is 1. The second-order valence-corrected chi connectivity index (χ2v) is 6.10. The van der Waals surface area contributed by atoms with Gasteiger partial charge in [-0.2, -0.15) is 0 Å². The van der Waals surface area contributed by atoms with E-state index in [9.17, 15) is 20.0 Å². The molecule has 1 atom stereocenters. The number of hydrogen-bond donors (Lipinski definition) is 1. The maximum absolute atomic E-state index is 13.0. The van der Waals surface area contributed by atoms with E-state index < -0.39 is 16.4 Å². The highest BCUT2D eigenvalue weighted by molar-refractivity contribution is 5.95. The molecule has 1 fully saturated rings. The summed E-state index contributed by atoms with van der Waals surface area (Å²) in [6.07, 6.45) is 7.27. The highest BCUT2D eigenvalue weighted by Gasteiger charge is 2.28. The van der Waals surface area contributed by atoms with Crippen molar-refractivity contribution in [2.24, 2.45) is 0 Å². The van der Waals surface area contributed by atoms with Crippen LogP contribution in [-0.4, -0.2) is 32.4 Å². The lowest BCUT2D eigenvalue weighted by Gasteiger charge is -2.30. The second kappa shape index (κ2) is 7.29. The molecular formula is C18H19N3O4. The molecule has 0 aliphatic carbocycles. The molecule has 1 aromatic heterocycles. The van der Waals surface area contributed by atoms with Crippen LogP contribution in [0.15, 0.2) is 42.7 Å². The number of rotatable bonds is 3. The van der Waals surface area contributed by atoms with Gasteiger partial charge in [-0.05, 0) is 42.7 Å². The maximum Gasteiger partial charge on any atom is 0.310 e. The van der Waals surface area contributed by atoms with Gasteiger partial charge in [-0.1, -0.05) is 12.8 Å². The molecule has 1 aromatic carbocycles. The van der Waals surface area contributed by atoms with E-state index in [4.69, 9.17) is 0 Å². The van der Waals surface area contributed by atoms with Gasteiger partial charge in [0.25, 0.3) is 5.91 Å². The van der Waals surface area contributed by atoms with E-state index in [1.165, 1.54) is 18.2 Å². The Labute approximate surface area is 145 Å². The van der Waals surface area contributed by atoms with E-state index >= 15 is 0 Å². The minimum atomic E-state index is -0.671. The monoisotopic (exact) mass is 341 g/mol. The van der Waals surface area contributed by atoms with Crippen molar-refractivity contribution in [1.82, 2.24) is 9.88 Å². The molecule has 1 aliphatic rings. The normalized spacial score (nSPS) is 17.8. The van der Waals surface area contributed by atoms with Crippen molar-refractivity contribution < 1.29 is 14.8 Å². The van der Waals surface area contributed by atoms with Gasteiger partial charge in [-0.15, -0.1) is 0 Å². The molecule has 0 unspecified atom stereocenters. The molecular weight excluding hydrogens is 322 g/mol. The number of aromatic nitrogens is 1.